The van der Waals surface area contributed by atoms with Gasteiger partial charge in [0.25, 0.3) is 0 Å². The molecule has 57 valence electrons. The average Bonchev–Trinajstić information content (AvgIpc) is 1.88. The summed E-state index contributed by atoms with van der Waals surface area (Å²) in [5, 5.41) is 0. The van der Waals surface area contributed by atoms with Crippen molar-refractivity contribution in [3.05, 3.63) is 13.5 Å². The maximum atomic E-state index is 3.89. The Morgan fingerprint density at radius 2 is 2.40 bits per heavy atom. The molecule has 1 radical (unpaired) electrons. The molecule has 0 aromatic heterocycles. The predicted octanol–water partition coefficient (Wildman–Crippen LogP) is 1.71. The molecule has 10 heavy (non-hydrogen) atoms. The van der Waals surface area contributed by atoms with Crippen molar-refractivity contribution in [2.75, 3.05) is 13.6 Å². The van der Waals surface area contributed by atoms with E-state index < -0.39 is 0 Å². The SMILES string of the molecule is [CH2-]CC1[CH-]N(C)CCC1.[Y]. The van der Waals surface area contributed by atoms with Crippen LogP contribution in [0.4, 0.5) is 0 Å². The zero-order valence-electron chi connectivity index (χ0n) is 6.71. The molecule has 2 heteroatoms. The average molecular weight is 214 g/mol. The van der Waals surface area contributed by atoms with Gasteiger partial charge in [-0.3, -0.25) is 6.54 Å². The van der Waals surface area contributed by atoms with Crippen molar-refractivity contribution >= 4 is 0 Å². The van der Waals surface area contributed by atoms with Gasteiger partial charge in [0.1, 0.15) is 0 Å². The molecule has 0 N–H and O–H groups in total. The molecule has 0 spiro atoms. The summed E-state index contributed by atoms with van der Waals surface area (Å²) in [4.78, 5) is 2.28. The number of rotatable bonds is 1. The van der Waals surface area contributed by atoms with Crippen molar-refractivity contribution in [1.29, 1.82) is 0 Å². The number of nitrogens with zero attached hydrogens (tertiary/aromatic N) is 1. The van der Waals surface area contributed by atoms with Gasteiger partial charge in [0.05, 0.1) is 0 Å². The first-order valence-corrected chi connectivity index (χ1v) is 3.67. The quantitative estimate of drug-likeness (QED) is 0.600. The van der Waals surface area contributed by atoms with E-state index in [0.29, 0.717) is 0 Å². The summed E-state index contributed by atoms with van der Waals surface area (Å²) in [6.45, 7) is 7.42. The Balaban J connectivity index is 0.000000810. The molecule has 1 unspecified atom stereocenters. The number of hydrogen-bond acceptors (Lipinski definition) is 1. The van der Waals surface area contributed by atoms with Gasteiger partial charge in [0.2, 0.25) is 0 Å². The molecule has 1 fully saturated rings. The molecule has 1 heterocycles. The Labute approximate surface area is 89.4 Å². The van der Waals surface area contributed by atoms with Gasteiger partial charge in [-0.2, -0.15) is 5.92 Å². The smallest absolute Gasteiger partial charge is 0 e. The van der Waals surface area contributed by atoms with E-state index in [-0.39, 0.29) is 32.7 Å². The van der Waals surface area contributed by atoms with Crippen LogP contribution in [0.2, 0.25) is 0 Å². The molecule has 1 nitrogen and oxygen atoms in total. The Bertz CT molecular complexity index is 85.3. The van der Waals surface area contributed by atoms with E-state index in [1.165, 1.54) is 19.4 Å². The molecule has 0 saturated carbocycles. The van der Waals surface area contributed by atoms with E-state index in [9.17, 15) is 0 Å². The molecule has 1 atom stereocenters. The second kappa shape index (κ2) is 5.68. The molecule has 1 saturated heterocycles. The van der Waals surface area contributed by atoms with Gasteiger partial charge < -0.3 is 11.8 Å². The largest absolute Gasteiger partial charge is 0.459 e. The molecule has 0 aromatic rings. The summed E-state index contributed by atoms with van der Waals surface area (Å²) in [7, 11) is 2.14. The summed E-state index contributed by atoms with van der Waals surface area (Å²) < 4.78 is 0. The zero-order valence-corrected chi connectivity index (χ0v) is 9.55. The van der Waals surface area contributed by atoms with E-state index in [1.54, 1.807) is 0 Å². The van der Waals surface area contributed by atoms with Crippen molar-refractivity contribution in [3.8, 4) is 0 Å². The minimum atomic E-state index is 0. The molecule has 0 aliphatic carbocycles. The fourth-order valence-corrected chi connectivity index (χ4v) is 1.33. The van der Waals surface area contributed by atoms with Crippen molar-refractivity contribution in [3.63, 3.8) is 0 Å². The number of hydrogen-bond donors (Lipinski definition) is 0. The molecular formula is C8H15NY-2. The third-order valence-corrected chi connectivity index (χ3v) is 1.92. The molecule has 1 aliphatic rings. The van der Waals surface area contributed by atoms with E-state index in [2.05, 4.69) is 25.4 Å². The normalized spacial score (nSPS) is 27.6. The Hall–Kier alpha value is 1.06. The van der Waals surface area contributed by atoms with Crippen molar-refractivity contribution in [2.45, 2.75) is 19.3 Å². The topological polar surface area (TPSA) is 3.24 Å². The molecular weight excluding hydrogens is 199 g/mol. The second-order valence-corrected chi connectivity index (χ2v) is 2.82. The van der Waals surface area contributed by atoms with E-state index in [4.69, 9.17) is 0 Å². The predicted molar refractivity (Wildman–Crippen MR) is 39.6 cm³/mol. The van der Waals surface area contributed by atoms with Gasteiger partial charge in [-0.25, -0.2) is 6.42 Å². The van der Waals surface area contributed by atoms with Crippen LogP contribution >= 0.6 is 0 Å². The summed E-state index contributed by atoms with van der Waals surface area (Å²) >= 11 is 0. The van der Waals surface area contributed by atoms with Crippen LogP contribution in [0.1, 0.15) is 19.3 Å². The minimum absolute atomic E-state index is 0. The second-order valence-electron chi connectivity index (χ2n) is 2.82. The number of piperidine rings is 1. The van der Waals surface area contributed by atoms with Crippen LogP contribution in [0.15, 0.2) is 0 Å². The summed E-state index contributed by atoms with van der Waals surface area (Å²) in [6, 6.07) is 0. The van der Waals surface area contributed by atoms with Gasteiger partial charge >= 0.3 is 0 Å². The van der Waals surface area contributed by atoms with E-state index in [0.717, 1.165) is 12.3 Å². The van der Waals surface area contributed by atoms with Crippen LogP contribution in [-0.2, 0) is 32.7 Å². The Morgan fingerprint density at radius 3 is 2.80 bits per heavy atom. The molecule has 0 amide bonds. The molecule has 1 aliphatic heterocycles. The third kappa shape index (κ3) is 3.45. The fraction of sp³-hybridized carbons (Fsp3) is 0.750. The molecule has 1 rings (SSSR count). The molecule has 0 aromatic carbocycles. The first-order chi connectivity index (χ1) is 4.33. The standard InChI is InChI=1S/C8H15N.Y/c1-3-8-5-4-6-9(2)7-8;/h7-8H,1,3-6H2,2H3;/q-2;. The first kappa shape index (κ1) is 11.1. The molecule has 0 bridgehead atoms. The van der Waals surface area contributed by atoms with Crippen LogP contribution in [0.3, 0.4) is 0 Å². The van der Waals surface area contributed by atoms with E-state index in [1.807, 2.05) is 0 Å². The van der Waals surface area contributed by atoms with Crippen molar-refractivity contribution in [2.24, 2.45) is 5.92 Å². The van der Waals surface area contributed by atoms with Gasteiger partial charge in [0, 0.05) is 32.7 Å². The van der Waals surface area contributed by atoms with Gasteiger partial charge in [-0.15, -0.1) is 0 Å². The monoisotopic (exact) mass is 214 g/mol. The maximum absolute atomic E-state index is 3.89. The Morgan fingerprint density at radius 1 is 1.70 bits per heavy atom. The van der Waals surface area contributed by atoms with Gasteiger partial charge in [-0.05, 0) is 20.0 Å². The summed E-state index contributed by atoms with van der Waals surface area (Å²) in [5.74, 6) is 0.753. The zero-order chi connectivity index (χ0) is 6.69. The Kier molecular flexibility index (Phi) is 6.29. The van der Waals surface area contributed by atoms with Gasteiger partial charge in [-0.1, -0.05) is 6.42 Å². The number of likely N-dealkylation sites (tertiary alicyclic amines) is 1. The summed E-state index contributed by atoms with van der Waals surface area (Å²) in [6.07, 6.45) is 3.74. The van der Waals surface area contributed by atoms with Crippen molar-refractivity contribution in [1.82, 2.24) is 4.90 Å². The van der Waals surface area contributed by atoms with Crippen LogP contribution in [0.5, 0.6) is 0 Å². The van der Waals surface area contributed by atoms with Crippen molar-refractivity contribution < 1.29 is 32.7 Å². The maximum Gasteiger partial charge on any atom is 0 e. The van der Waals surface area contributed by atoms with Gasteiger partial charge in [0.15, 0.2) is 0 Å². The fourth-order valence-electron chi connectivity index (χ4n) is 1.33. The minimum Gasteiger partial charge on any atom is -0.459 e. The van der Waals surface area contributed by atoms with Crippen LogP contribution < -0.4 is 0 Å². The first-order valence-electron chi connectivity index (χ1n) is 3.67. The van der Waals surface area contributed by atoms with Crippen LogP contribution in [0.25, 0.3) is 0 Å². The van der Waals surface area contributed by atoms with E-state index >= 15 is 0 Å². The third-order valence-electron chi connectivity index (χ3n) is 1.92. The van der Waals surface area contributed by atoms with Crippen LogP contribution in [-0.4, -0.2) is 18.5 Å². The van der Waals surface area contributed by atoms with Crippen LogP contribution in [0, 0.1) is 19.4 Å². The summed E-state index contributed by atoms with van der Waals surface area (Å²) in [5.41, 5.74) is 0.